The van der Waals surface area contributed by atoms with Gasteiger partial charge in [-0.1, -0.05) is 0 Å². The summed E-state index contributed by atoms with van der Waals surface area (Å²) in [6.45, 7) is 4.43. The summed E-state index contributed by atoms with van der Waals surface area (Å²) in [6.07, 6.45) is 12.1. The lowest BCUT2D eigenvalue weighted by molar-refractivity contribution is 0.154. The number of hydrogen-bond donors (Lipinski definition) is 1. The fraction of sp³-hybridized carbons (Fsp3) is 0.538. The van der Waals surface area contributed by atoms with Gasteiger partial charge in [-0.3, -0.25) is 4.90 Å². The summed E-state index contributed by atoms with van der Waals surface area (Å²) in [5.41, 5.74) is 1.21. The Labute approximate surface area is 107 Å². The molecule has 1 atom stereocenters. The van der Waals surface area contributed by atoms with Crippen LogP contribution in [0.25, 0.3) is 0 Å². The molecule has 2 aromatic heterocycles. The number of piperidine rings is 1. The van der Waals surface area contributed by atoms with Gasteiger partial charge in [0.05, 0.1) is 12.7 Å². The third-order valence-corrected chi connectivity index (χ3v) is 3.58. The largest absolute Gasteiger partial charge is 0.347 e. The molecule has 0 radical (unpaired) electrons. The maximum Gasteiger partial charge on any atom is 0.0946 e. The van der Waals surface area contributed by atoms with Crippen LogP contribution in [0.2, 0.25) is 0 Å². The number of nitrogens with zero attached hydrogens (tertiary/aromatic N) is 4. The zero-order valence-electron chi connectivity index (χ0n) is 10.5. The van der Waals surface area contributed by atoms with E-state index in [1.807, 2.05) is 24.9 Å². The van der Waals surface area contributed by atoms with Gasteiger partial charge < -0.3 is 9.55 Å². The zero-order valence-corrected chi connectivity index (χ0v) is 10.5. The second kappa shape index (κ2) is 5.35. The Morgan fingerprint density at radius 3 is 3.17 bits per heavy atom. The maximum atomic E-state index is 4.10. The van der Waals surface area contributed by atoms with E-state index in [4.69, 9.17) is 0 Å². The van der Waals surface area contributed by atoms with Crippen LogP contribution >= 0.6 is 0 Å². The first kappa shape index (κ1) is 11.5. The van der Waals surface area contributed by atoms with Crippen LogP contribution in [0, 0.1) is 5.92 Å². The van der Waals surface area contributed by atoms with Gasteiger partial charge in [-0.25, -0.2) is 9.97 Å². The quantitative estimate of drug-likeness (QED) is 0.888. The van der Waals surface area contributed by atoms with Gasteiger partial charge in [0, 0.05) is 43.9 Å². The normalized spacial score (nSPS) is 21.2. The van der Waals surface area contributed by atoms with Gasteiger partial charge in [-0.05, 0) is 25.3 Å². The SMILES string of the molecule is c1cn(C[C@@H]2CCCN(Cc3cnc[nH]3)C2)cn1. The lowest BCUT2D eigenvalue weighted by atomic mass is 9.98. The highest BCUT2D eigenvalue weighted by atomic mass is 15.1. The lowest BCUT2D eigenvalue weighted by Crippen LogP contribution is -2.36. The highest BCUT2D eigenvalue weighted by Crippen LogP contribution is 2.19. The molecular formula is C13H19N5. The van der Waals surface area contributed by atoms with Crippen molar-refractivity contribution in [2.45, 2.75) is 25.9 Å². The van der Waals surface area contributed by atoms with Crippen LogP contribution in [0.3, 0.4) is 0 Å². The van der Waals surface area contributed by atoms with E-state index in [9.17, 15) is 0 Å². The monoisotopic (exact) mass is 245 g/mol. The number of aromatic amines is 1. The molecule has 0 spiro atoms. The van der Waals surface area contributed by atoms with E-state index in [-0.39, 0.29) is 0 Å². The Hall–Kier alpha value is -1.62. The highest BCUT2D eigenvalue weighted by molar-refractivity contribution is 4.94. The molecule has 5 heteroatoms. The van der Waals surface area contributed by atoms with Gasteiger partial charge in [0.1, 0.15) is 0 Å². The van der Waals surface area contributed by atoms with Crippen LogP contribution in [0.1, 0.15) is 18.5 Å². The Kier molecular flexibility index (Phi) is 3.41. The molecule has 1 aliphatic heterocycles. The van der Waals surface area contributed by atoms with Gasteiger partial charge in [0.2, 0.25) is 0 Å². The van der Waals surface area contributed by atoms with Gasteiger partial charge in [-0.15, -0.1) is 0 Å². The smallest absolute Gasteiger partial charge is 0.0946 e. The van der Waals surface area contributed by atoms with E-state index >= 15 is 0 Å². The van der Waals surface area contributed by atoms with E-state index in [0.717, 1.165) is 25.6 Å². The van der Waals surface area contributed by atoms with Gasteiger partial charge >= 0.3 is 0 Å². The number of likely N-dealkylation sites (tertiary alicyclic amines) is 1. The summed E-state index contributed by atoms with van der Waals surface area (Å²) in [5, 5.41) is 0. The van der Waals surface area contributed by atoms with Crippen molar-refractivity contribution in [1.29, 1.82) is 0 Å². The number of rotatable bonds is 4. The van der Waals surface area contributed by atoms with Crippen molar-refractivity contribution < 1.29 is 0 Å². The molecule has 1 aliphatic rings. The standard InChI is InChI=1S/C13H19N5/c1-2-12(8-18-5-3-14-11-18)7-17(4-1)9-13-6-15-10-16-13/h3,5-6,10-12H,1-2,4,7-9H2,(H,15,16)/t12-/m1/s1. The molecule has 2 aromatic rings. The molecule has 96 valence electrons. The first-order chi connectivity index (χ1) is 8.90. The van der Waals surface area contributed by atoms with Crippen LogP contribution in [0.4, 0.5) is 0 Å². The number of nitrogens with one attached hydrogen (secondary N) is 1. The minimum Gasteiger partial charge on any atom is -0.347 e. The van der Waals surface area contributed by atoms with Crippen molar-refractivity contribution in [3.05, 3.63) is 36.9 Å². The van der Waals surface area contributed by atoms with Gasteiger partial charge in [-0.2, -0.15) is 0 Å². The van der Waals surface area contributed by atoms with Gasteiger partial charge in [0.15, 0.2) is 0 Å². The molecule has 3 rings (SSSR count). The van der Waals surface area contributed by atoms with Crippen LogP contribution in [0.15, 0.2) is 31.2 Å². The molecule has 1 saturated heterocycles. The molecule has 0 aromatic carbocycles. The molecule has 0 unspecified atom stereocenters. The van der Waals surface area contributed by atoms with Crippen LogP contribution in [-0.2, 0) is 13.1 Å². The average molecular weight is 245 g/mol. The number of imidazole rings is 2. The highest BCUT2D eigenvalue weighted by Gasteiger charge is 2.20. The van der Waals surface area contributed by atoms with Crippen molar-refractivity contribution in [2.24, 2.45) is 5.92 Å². The second-order valence-corrected chi connectivity index (χ2v) is 5.08. The Morgan fingerprint density at radius 1 is 1.39 bits per heavy atom. The van der Waals surface area contributed by atoms with Crippen LogP contribution < -0.4 is 0 Å². The molecule has 1 fully saturated rings. The fourth-order valence-electron chi connectivity index (χ4n) is 2.75. The molecular weight excluding hydrogens is 226 g/mol. The number of H-pyrrole nitrogens is 1. The van der Waals surface area contributed by atoms with Crippen LogP contribution in [-0.4, -0.2) is 37.5 Å². The van der Waals surface area contributed by atoms with E-state index in [1.165, 1.54) is 25.1 Å². The van der Waals surface area contributed by atoms with Gasteiger partial charge in [0.25, 0.3) is 0 Å². The van der Waals surface area contributed by atoms with Crippen LogP contribution in [0.5, 0.6) is 0 Å². The third-order valence-electron chi connectivity index (χ3n) is 3.58. The molecule has 0 saturated carbocycles. The molecule has 0 aliphatic carbocycles. The summed E-state index contributed by atoms with van der Waals surface area (Å²) in [6, 6.07) is 0. The minimum absolute atomic E-state index is 0.732. The van der Waals surface area contributed by atoms with Crippen molar-refractivity contribution in [3.8, 4) is 0 Å². The molecule has 1 N–H and O–H groups in total. The topological polar surface area (TPSA) is 49.7 Å². The predicted octanol–water partition coefficient (Wildman–Crippen LogP) is 1.52. The zero-order chi connectivity index (χ0) is 12.2. The predicted molar refractivity (Wildman–Crippen MR) is 68.8 cm³/mol. The lowest BCUT2D eigenvalue weighted by Gasteiger charge is -2.32. The number of hydrogen-bond acceptors (Lipinski definition) is 3. The van der Waals surface area contributed by atoms with Crippen molar-refractivity contribution in [3.63, 3.8) is 0 Å². The Bertz CT molecular complexity index is 405. The minimum atomic E-state index is 0.732. The summed E-state index contributed by atoms with van der Waals surface area (Å²) in [5.74, 6) is 0.732. The average Bonchev–Trinajstić information content (AvgIpc) is 3.03. The third kappa shape index (κ3) is 2.79. The van der Waals surface area contributed by atoms with Crippen molar-refractivity contribution >= 4 is 0 Å². The van der Waals surface area contributed by atoms with Crippen molar-refractivity contribution in [1.82, 2.24) is 24.4 Å². The summed E-state index contributed by atoms with van der Waals surface area (Å²) >= 11 is 0. The molecule has 0 bridgehead atoms. The fourth-order valence-corrected chi connectivity index (χ4v) is 2.75. The summed E-state index contributed by atoms with van der Waals surface area (Å²) in [7, 11) is 0. The van der Waals surface area contributed by atoms with Crippen molar-refractivity contribution in [2.75, 3.05) is 13.1 Å². The van der Waals surface area contributed by atoms with E-state index in [2.05, 4.69) is 24.4 Å². The number of aromatic nitrogens is 4. The maximum absolute atomic E-state index is 4.10. The summed E-state index contributed by atoms with van der Waals surface area (Å²) in [4.78, 5) is 13.9. The molecule has 5 nitrogen and oxygen atoms in total. The second-order valence-electron chi connectivity index (χ2n) is 5.08. The molecule has 18 heavy (non-hydrogen) atoms. The summed E-state index contributed by atoms with van der Waals surface area (Å²) < 4.78 is 2.18. The first-order valence-corrected chi connectivity index (χ1v) is 6.55. The van der Waals surface area contributed by atoms with E-state index in [0.29, 0.717) is 0 Å². The molecule has 3 heterocycles. The first-order valence-electron chi connectivity index (χ1n) is 6.55. The van der Waals surface area contributed by atoms with E-state index in [1.54, 1.807) is 6.33 Å². The Morgan fingerprint density at radius 2 is 2.39 bits per heavy atom. The molecule has 0 amide bonds. The Balaban J connectivity index is 1.55. The van der Waals surface area contributed by atoms with E-state index < -0.39 is 0 Å².